The molecule has 0 bridgehead atoms. The summed E-state index contributed by atoms with van der Waals surface area (Å²) in [6, 6.07) is 43.1. The molecule has 6 aromatic rings. The van der Waals surface area contributed by atoms with Crippen LogP contribution in [0, 0.1) is 13.8 Å². The number of fused-ring (bicyclic) bond motifs is 3. The first kappa shape index (κ1) is 27.5. The van der Waals surface area contributed by atoms with Crippen LogP contribution in [0.1, 0.15) is 62.8 Å². The molecule has 7 rings (SSSR count). The minimum Gasteiger partial charge on any atom is -0.309 e. The van der Waals surface area contributed by atoms with Crippen molar-refractivity contribution in [3.8, 4) is 11.1 Å². The van der Waals surface area contributed by atoms with Crippen molar-refractivity contribution in [2.45, 2.75) is 65.2 Å². The lowest BCUT2D eigenvalue weighted by Crippen LogP contribution is -2.34. The maximum absolute atomic E-state index is 2.46. The zero-order valence-electron chi connectivity index (χ0n) is 26.3. The molecule has 6 aromatic carbocycles. The van der Waals surface area contributed by atoms with Gasteiger partial charge in [0.05, 0.1) is 5.69 Å². The lowest BCUT2D eigenvalue weighted by molar-refractivity contribution is 0.333. The lowest BCUT2D eigenvalue weighted by atomic mass is 9.61. The van der Waals surface area contributed by atoms with Gasteiger partial charge in [-0.1, -0.05) is 130 Å². The SMILES string of the molecule is Cc1ccc(N(c2ccc(C)cc2)c2c3ccccc3c(-c3cccc4c3C(C)(C)CCC4(C)C)c3ccccc23)cc1. The smallest absolute Gasteiger partial charge is 0.0618 e. The Kier molecular flexibility index (Phi) is 6.47. The molecule has 43 heavy (non-hydrogen) atoms. The summed E-state index contributed by atoms with van der Waals surface area (Å²) in [7, 11) is 0. The third kappa shape index (κ3) is 4.54. The molecule has 214 valence electrons. The molecule has 0 amide bonds. The standard InChI is InChI=1S/C42H41N/c1-28-18-22-30(23-19-28)43(31-24-20-29(2)21-25-31)40-34-14-9-7-12-32(34)38(33-13-8-10-15-35(33)40)36-16-11-17-37-39(36)42(5,6)27-26-41(37,3)4/h7-25H,26-27H2,1-6H3. The van der Waals surface area contributed by atoms with Gasteiger partial charge in [0.15, 0.2) is 0 Å². The van der Waals surface area contributed by atoms with Crippen molar-refractivity contribution in [3.05, 3.63) is 138 Å². The van der Waals surface area contributed by atoms with Gasteiger partial charge in [-0.3, -0.25) is 0 Å². The van der Waals surface area contributed by atoms with Gasteiger partial charge in [-0.2, -0.15) is 0 Å². The van der Waals surface area contributed by atoms with Crippen LogP contribution in [-0.4, -0.2) is 0 Å². The van der Waals surface area contributed by atoms with Crippen LogP contribution in [0.15, 0.2) is 115 Å². The summed E-state index contributed by atoms with van der Waals surface area (Å²) in [4.78, 5) is 2.46. The summed E-state index contributed by atoms with van der Waals surface area (Å²) < 4.78 is 0. The average molecular weight is 560 g/mol. The van der Waals surface area contributed by atoms with Crippen LogP contribution in [0.3, 0.4) is 0 Å². The Morgan fingerprint density at radius 2 is 0.953 bits per heavy atom. The van der Waals surface area contributed by atoms with Crippen LogP contribution >= 0.6 is 0 Å². The van der Waals surface area contributed by atoms with Crippen LogP contribution < -0.4 is 4.90 Å². The van der Waals surface area contributed by atoms with Gasteiger partial charge in [0.1, 0.15) is 0 Å². The molecule has 0 unspecified atom stereocenters. The average Bonchev–Trinajstić information content (AvgIpc) is 3.01. The highest BCUT2D eigenvalue weighted by molar-refractivity contribution is 6.22. The third-order valence-electron chi connectivity index (χ3n) is 9.83. The Hall–Kier alpha value is -4.36. The molecule has 0 radical (unpaired) electrons. The summed E-state index contributed by atoms with van der Waals surface area (Å²) in [6.07, 6.45) is 2.39. The van der Waals surface area contributed by atoms with E-state index in [2.05, 4.69) is 162 Å². The van der Waals surface area contributed by atoms with E-state index in [-0.39, 0.29) is 10.8 Å². The molecular formula is C42H41N. The van der Waals surface area contributed by atoms with E-state index >= 15 is 0 Å². The second-order valence-electron chi connectivity index (χ2n) is 13.8. The molecule has 1 nitrogen and oxygen atoms in total. The molecule has 0 saturated carbocycles. The Balaban J connectivity index is 1.62. The zero-order valence-corrected chi connectivity index (χ0v) is 26.3. The Morgan fingerprint density at radius 3 is 1.47 bits per heavy atom. The van der Waals surface area contributed by atoms with Crippen LogP contribution in [0.4, 0.5) is 17.1 Å². The lowest BCUT2D eigenvalue weighted by Gasteiger charge is -2.43. The molecule has 0 atom stereocenters. The number of hydrogen-bond acceptors (Lipinski definition) is 1. The monoisotopic (exact) mass is 559 g/mol. The highest BCUT2D eigenvalue weighted by Gasteiger charge is 2.39. The van der Waals surface area contributed by atoms with Gasteiger partial charge in [-0.15, -0.1) is 0 Å². The molecule has 1 heteroatoms. The molecular weight excluding hydrogens is 518 g/mol. The quantitative estimate of drug-likeness (QED) is 0.194. The minimum atomic E-state index is 0.0954. The third-order valence-corrected chi connectivity index (χ3v) is 9.83. The molecule has 0 aliphatic heterocycles. The number of aryl methyl sites for hydroxylation is 2. The fourth-order valence-electron chi connectivity index (χ4n) is 7.37. The number of nitrogens with zero attached hydrogens (tertiary/aromatic N) is 1. The summed E-state index contributed by atoms with van der Waals surface area (Å²) in [5.74, 6) is 0. The van der Waals surface area contributed by atoms with E-state index in [1.54, 1.807) is 0 Å². The second-order valence-corrected chi connectivity index (χ2v) is 13.8. The van der Waals surface area contributed by atoms with Crippen molar-refractivity contribution in [1.29, 1.82) is 0 Å². The molecule has 0 heterocycles. The van der Waals surface area contributed by atoms with Gasteiger partial charge >= 0.3 is 0 Å². The van der Waals surface area contributed by atoms with Gasteiger partial charge in [0.25, 0.3) is 0 Å². The summed E-state index contributed by atoms with van der Waals surface area (Å²) >= 11 is 0. The first-order valence-corrected chi connectivity index (χ1v) is 15.7. The van der Waals surface area contributed by atoms with Crippen molar-refractivity contribution in [3.63, 3.8) is 0 Å². The van der Waals surface area contributed by atoms with Crippen molar-refractivity contribution >= 4 is 38.6 Å². The maximum Gasteiger partial charge on any atom is 0.0618 e. The van der Waals surface area contributed by atoms with Gasteiger partial charge < -0.3 is 4.90 Å². The normalized spacial score (nSPS) is 15.4. The number of rotatable bonds is 4. The van der Waals surface area contributed by atoms with Crippen LogP contribution in [0.5, 0.6) is 0 Å². The van der Waals surface area contributed by atoms with Crippen LogP contribution in [0.2, 0.25) is 0 Å². The fourth-order valence-corrected chi connectivity index (χ4v) is 7.37. The van der Waals surface area contributed by atoms with Gasteiger partial charge in [0, 0.05) is 22.1 Å². The Morgan fingerprint density at radius 1 is 0.488 bits per heavy atom. The highest BCUT2D eigenvalue weighted by atomic mass is 15.1. The molecule has 0 saturated heterocycles. The maximum atomic E-state index is 2.46. The highest BCUT2D eigenvalue weighted by Crippen LogP contribution is 2.53. The molecule has 1 aliphatic carbocycles. The van der Waals surface area contributed by atoms with E-state index in [1.807, 2.05) is 0 Å². The van der Waals surface area contributed by atoms with E-state index in [9.17, 15) is 0 Å². The first-order valence-electron chi connectivity index (χ1n) is 15.7. The first-order chi connectivity index (χ1) is 20.7. The molecule has 0 N–H and O–H groups in total. The van der Waals surface area contributed by atoms with Crippen molar-refractivity contribution in [2.24, 2.45) is 0 Å². The van der Waals surface area contributed by atoms with Crippen molar-refractivity contribution < 1.29 is 0 Å². The Bertz CT molecular complexity index is 1870. The summed E-state index contributed by atoms with van der Waals surface area (Å²) in [6.45, 7) is 14.0. The topological polar surface area (TPSA) is 3.24 Å². The van der Waals surface area contributed by atoms with Crippen molar-refractivity contribution in [2.75, 3.05) is 4.90 Å². The number of anilines is 3. The largest absolute Gasteiger partial charge is 0.309 e. The molecule has 0 fully saturated rings. The van der Waals surface area contributed by atoms with E-state index in [0.717, 1.165) is 11.4 Å². The predicted octanol–water partition coefficient (Wildman–Crippen LogP) is 12.1. The van der Waals surface area contributed by atoms with E-state index in [0.29, 0.717) is 0 Å². The molecule has 1 aliphatic rings. The van der Waals surface area contributed by atoms with Crippen LogP contribution in [-0.2, 0) is 10.8 Å². The van der Waals surface area contributed by atoms with E-state index in [1.165, 1.54) is 73.5 Å². The minimum absolute atomic E-state index is 0.0954. The zero-order chi connectivity index (χ0) is 29.9. The summed E-state index contributed by atoms with van der Waals surface area (Å²) in [5.41, 5.74) is 12.1. The van der Waals surface area contributed by atoms with Gasteiger partial charge in [-0.25, -0.2) is 0 Å². The predicted molar refractivity (Wildman–Crippen MR) is 186 cm³/mol. The van der Waals surface area contributed by atoms with E-state index < -0.39 is 0 Å². The molecule has 0 aromatic heterocycles. The summed E-state index contributed by atoms with van der Waals surface area (Å²) in [5, 5.41) is 5.13. The number of hydrogen-bond donors (Lipinski definition) is 0. The van der Waals surface area contributed by atoms with Gasteiger partial charge in [0.2, 0.25) is 0 Å². The van der Waals surface area contributed by atoms with Crippen LogP contribution in [0.25, 0.3) is 32.7 Å². The fraction of sp³-hybridized carbons (Fsp3) is 0.238. The van der Waals surface area contributed by atoms with E-state index in [4.69, 9.17) is 0 Å². The molecule has 0 spiro atoms. The van der Waals surface area contributed by atoms with Gasteiger partial charge in [-0.05, 0) is 94.8 Å². The number of benzene rings is 6. The second kappa shape index (κ2) is 10.1. The van der Waals surface area contributed by atoms with Crippen molar-refractivity contribution in [1.82, 2.24) is 0 Å². The Labute approximate surface area is 256 Å².